The molecule has 1 aromatic rings. The fraction of sp³-hybridized carbons (Fsp3) is 0.417. The smallest absolute Gasteiger partial charge is 0.236 e. The van der Waals surface area contributed by atoms with Crippen molar-refractivity contribution in [1.82, 2.24) is 5.32 Å². The van der Waals surface area contributed by atoms with E-state index in [4.69, 9.17) is 10.5 Å². The normalized spacial score (nSPS) is 11.2. The van der Waals surface area contributed by atoms with E-state index in [2.05, 4.69) is 5.32 Å². The van der Waals surface area contributed by atoms with Gasteiger partial charge in [0, 0.05) is 6.54 Å². The molecule has 0 radical (unpaired) electrons. The zero-order valence-corrected chi connectivity index (χ0v) is 10.7. The topological polar surface area (TPSA) is 64.4 Å². The lowest BCUT2D eigenvalue weighted by molar-refractivity contribution is -0.121. The second-order valence-electron chi connectivity index (χ2n) is 3.59. The van der Waals surface area contributed by atoms with Crippen LogP contribution in [0.25, 0.3) is 0 Å². The summed E-state index contributed by atoms with van der Waals surface area (Å²) >= 11 is 0. The van der Waals surface area contributed by atoms with Crippen molar-refractivity contribution in [3.8, 4) is 5.75 Å². The Morgan fingerprint density at radius 2 is 2.06 bits per heavy atom. The zero-order valence-electron chi connectivity index (χ0n) is 9.89. The number of carbonyl (C=O) groups excluding carboxylic acids is 1. The number of rotatable bonds is 6. The number of benzene rings is 1. The van der Waals surface area contributed by atoms with Gasteiger partial charge in [-0.2, -0.15) is 0 Å². The molecule has 5 heteroatoms. The molecular formula is C12H19ClN2O2. The monoisotopic (exact) mass is 258 g/mol. The van der Waals surface area contributed by atoms with Crippen molar-refractivity contribution in [3.63, 3.8) is 0 Å². The maximum atomic E-state index is 11.1. The van der Waals surface area contributed by atoms with Gasteiger partial charge in [-0.15, -0.1) is 12.4 Å². The minimum absolute atomic E-state index is 0. The van der Waals surface area contributed by atoms with Gasteiger partial charge < -0.3 is 15.8 Å². The molecule has 0 bridgehead atoms. The second kappa shape index (κ2) is 8.84. The number of halogens is 1. The highest BCUT2D eigenvalue weighted by molar-refractivity contribution is 5.85. The molecule has 3 N–H and O–H groups in total. The third kappa shape index (κ3) is 6.81. The van der Waals surface area contributed by atoms with Crippen molar-refractivity contribution < 1.29 is 9.53 Å². The molecular weight excluding hydrogens is 240 g/mol. The Hall–Kier alpha value is -1.26. The molecule has 0 spiro atoms. The van der Waals surface area contributed by atoms with Gasteiger partial charge >= 0.3 is 0 Å². The van der Waals surface area contributed by atoms with E-state index in [1.807, 2.05) is 30.3 Å². The molecule has 0 aliphatic heterocycles. The van der Waals surface area contributed by atoms with Crippen molar-refractivity contribution in [3.05, 3.63) is 30.3 Å². The summed E-state index contributed by atoms with van der Waals surface area (Å²) < 4.78 is 5.47. The van der Waals surface area contributed by atoms with Crippen molar-refractivity contribution in [2.45, 2.75) is 19.4 Å². The summed E-state index contributed by atoms with van der Waals surface area (Å²) in [5, 5.41) is 2.72. The van der Waals surface area contributed by atoms with Crippen LogP contribution >= 0.6 is 12.4 Å². The minimum Gasteiger partial charge on any atom is -0.494 e. The van der Waals surface area contributed by atoms with Crippen LogP contribution in [0.4, 0.5) is 0 Å². The van der Waals surface area contributed by atoms with Gasteiger partial charge in [-0.05, 0) is 25.5 Å². The summed E-state index contributed by atoms with van der Waals surface area (Å²) in [5.74, 6) is 0.723. The van der Waals surface area contributed by atoms with Gasteiger partial charge in [0.25, 0.3) is 0 Å². The second-order valence-corrected chi connectivity index (χ2v) is 3.59. The number of hydrogen-bond donors (Lipinski definition) is 2. The van der Waals surface area contributed by atoms with E-state index in [0.29, 0.717) is 13.2 Å². The standard InChI is InChI=1S/C12H18N2O2.ClH/c1-10(13)12(15)14-8-5-9-16-11-6-3-2-4-7-11;/h2-4,6-7,10H,5,8-9,13H2,1H3,(H,14,15);1H. The van der Waals surface area contributed by atoms with Crippen LogP contribution in [-0.4, -0.2) is 25.1 Å². The van der Waals surface area contributed by atoms with E-state index in [0.717, 1.165) is 12.2 Å². The van der Waals surface area contributed by atoms with Crippen LogP contribution in [0.3, 0.4) is 0 Å². The van der Waals surface area contributed by atoms with Crippen molar-refractivity contribution in [2.24, 2.45) is 5.73 Å². The first-order valence-electron chi connectivity index (χ1n) is 5.41. The molecule has 1 atom stereocenters. The van der Waals surface area contributed by atoms with Crippen LogP contribution in [-0.2, 0) is 4.79 Å². The number of hydrogen-bond acceptors (Lipinski definition) is 3. The molecule has 1 amide bonds. The predicted molar refractivity (Wildman–Crippen MR) is 70.5 cm³/mol. The largest absolute Gasteiger partial charge is 0.494 e. The van der Waals surface area contributed by atoms with Gasteiger partial charge in [-0.3, -0.25) is 4.79 Å². The van der Waals surface area contributed by atoms with Gasteiger partial charge in [0.05, 0.1) is 12.6 Å². The Bertz CT molecular complexity index is 318. The molecule has 96 valence electrons. The average molecular weight is 259 g/mol. The Balaban J connectivity index is 0.00000256. The lowest BCUT2D eigenvalue weighted by atomic mass is 10.3. The Kier molecular flexibility index (Phi) is 8.19. The highest BCUT2D eigenvalue weighted by atomic mass is 35.5. The summed E-state index contributed by atoms with van der Waals surface area (Å²) in [6.45, 7) is 2.84. The summed E-state index contributed by atoms with van der Waals surface area (Å²) in [6, 6.07) is 9.15. The van der Waals surface area contributed by atoms with E-state index >= 15 is 0 Å². The van der Waals surface area contributed by atoms with E-state index < -0.39 is 6.04 Å². The number of nitrogens with one attached hydrogen (secondary N) is 1. The molecule has 0 heterocycles. The van der Waals surface area contributed by atoms with Crippen molar-refractivity contribution >= 4 is 18.3 Å². The maximum Gasteiger partial charge on any atom is 0.236 e. The summed E-state index contributed by atoms with van der Waals surface area (Å²) in [6.07, 6.45) is 0.771. The minimum atomic E-state index is -0.449. The van der Waals surface area contributed by atoms with Crippen LogP contribution < -0.4 is 15.8 Å². The van der Waals surface area contributed by atoms with Gasteiger partial charge in [-0.25, -0.2) is 0 Å². The average Bonchev–Trinajstić information content (AvgIpc) is 2.29. The van der Waals surface area contributed by atoms with Crippen LogP contribution in [0.15, 0.2) is 30.3 Å². The number of carbonyl (C=O) groups is 1. The first-order valence-corrected chi connectivity index (χ1v) is 5.41. The highest BCUT2D eigenvalue weighted by Crippen LogP contribution is 2.07. The zero-order chi connectivity index (χ0) is 11.8. The quantitative estimate of drug-likeness (QED) is 0.757. The fourth-order valence-corrected chi connectivity index (χ4v) is 1.15. The molecule has 1 rings (SSSR count). The van der Waals surface area contributed by atoms with Crippen molar-refractivity contribution in [2.75, 3.05) is 13.2 Å². The lowest BCUT2D eigenvalue weighted by Gasteiger charge is -2.08. The van der Waals surface area contributed by atoms with Crippen molar-refractivity contribution in [1.29, 1.82) is 0 Å². The van der Waals surface area contributed by atoms with E-state index in [-0.39, 0.29) is 18.3 Å². The molecule has 0 saturated heterocycles. The summed E-state index contributed by atoms with van der Waals surface area (Å²) in [7, 11) is 0. The Morgan fingerprint density at radius 3 is 2.65 bits per heavy atom. The summed E-state index contributed by atoms with van der Waals surface area (Å²) in [4.78, 5) is 11.1. The molecule has 1 aromatic carbocycles. The fourth-order valence-electron chi connectivity index (χ4n) is 1.15. The number of para-hydroxylation sites is 1. The first kappa shape index (κ1) is 15.7. The lowest BCUT2D eigenvalue weighted by Crippen LogP contribution is -2.38. The highest BCUT2D eigenvalue weighted by Gasteiger charge is 2.04. The summed E-state index contributed by atoms with van der Waals surface area (Å²) in [5.41, 5.74) is 5.40. The third-order valence-corrected chi connectivity index (χ3v) is 2.05. The van der Waals surface area contributed by atoms with Crippen LogP contribution in [0.5, 0.6) is 5.75 Å². The molecule has 0 saturated carbocycles. The molecule has 0 aromatic heterocycles. The number of nitrogens with two attached hydrogens (primary N) is 1. The molecule has 0 fully saturated rings. The van der Waals surface area contributed by atoms with Gasteiger partial charge in [0.1, 0.15) is 5.75 Å². The SMILES string of the molecule is CC(N)C(=O)NCCCOc1ccccc1.Cl. The maximum absolute atomic E-state index is 11.1. The Morgan fingerprint density at radius 1 is 1.41 bits per heavy atom. The van der Waals surface area contributed by atoms with E-state index in [1.165, 1.54) is 0 Å². The number of amides is 1. The van der Waals surface area contributed by atoms with Gasteiger partial charge in [0.2, 0.25) is 5.91 Å². The van der Waals surface area contributed by atoms with Gasteiger partial charge in [-0.1, -0.05) is 18.2 Å². The first-order chi connectivity index (χ1) is 7.70. The molecule has 0 aliphatic carbocycles. The van der Waals surface area contributed by atoms with E-state index in [1.54, 1.807) is 6.92 Å². The molecule has 0 aliphatic rings. The van der Waals surface area contributed by atoms with Crippen LogP contribution in [0.1, 0.15) is 13.3 Å². The third-order valence-electron chi connectivity index (χ3n) is 2.05. The van der Waals surface area contributed by atoms with E-state index in [9.17, 15) is 4.79 Å². The number of ether oxygens (including phenoxy) is 1. The molecule has 4 nitrogen and oxygen atoms in total. The predicted octanol–water partition coefficient (Wildman–Crippen LogP) is 1.34. The van der Waals surface area contributed by atoms with Crippen LogP contribution in [0.2, 0.25) is 0 Å². The molecule has 17 heavy (non-hydrogen) atoms. The van der Waals surface area contributed by atoms with Gasteiger partial charge in [0.15, 0.2) is 0 Å². The van der Waals surface area contributed by atoms with Crippen LogP contribution in [0, 0.1) is 0 Å². The Labute approximate surface area is 108 Å². The molecule has 1 unspecified atom stereocenters.